The predicted octanol–water partition coefficient (Wildman–Crippen LogP) is 1.69. The summed E-state index contributed by atoms with van der Waals surface area (Å²) in [6.07, 6.45) is 3.57. The molecule has 1 fully saturated rings. The lowest BCUT2D eigenvalue weighted by Gasteiger charge is -2.33. The van der Waals surface area contributed by atoms with Crippen LogP contribution in [-0.4, -0.2) is 34.8 Å². The highest BCUT2D eigenvalue weighted by Gasteiger charge is 2.22. The standard InChI is InChI=1S/C17H19N5O/c1-21-9-8-16(20-21)17(23)19-14-6-10-22(11-7-14)15-4-2-13(12-18)3-5-15/h2-5,8-9,14H,6-7,10-11H2,1H3,(H,19,23). The average Bonchev–Trinajstić information content (AvgIpc) is 3.02. The van der Waals surface area contributed by atoms with E-state index < -0.39 is 0 Å². The van der Waals surface area contributed by atoms with Gasteiger partial charge in [-0.3, -0.25) is 9.48 Å². The Morgan fingerprint density at radius 1 is 1.26 bits per heavy atom. The van der Waals surface area contributed by atoms with Crippen molar-refractivity contribution in [3.8, 4) is 6.07 Å². The highest BCUT2D eigenvalue weighted by atomic mass is 16.2. The molecule has 0 aliphatic carbocycles. The molecule has 1 aromatic carbocycles. The van der Waals surface area contributed by atoms with Crippen molar-refractivity contribution in [2.24, 2.45) is 7.05 Å². The molecule has 0 atom stereocenters. The Hall–Kier alpha value is -2.81. The normalized spacial score (nSPS) is 15.2. The number of amides is 1. The molecule has 1 aromatic heterocycles. The van der Waals surface area contributed by atoms with Crippen molar-refractivity contribution in [3.63, 3.8) is 0 Å². The Balaban J connectivity index is 1.53. The number of rotatable bonds is 3. The summed E-state index contributed by atoms with van der Waals surface area (Å²) in [5.74, 6) is -0.109. The number of benzene rings is 1. The maximum Gasteiger partial charge on any atom is 0.271 e. The second-order valence-electron chi connectivity index (χ2n) is 5.77. The smallest absolute Gasteiger partial charge is 0.271 e. The van der Waals surface area contributed by atoms with Crippen molar-refractivity contribution in [3.05, 3.63) is 47.8 Å². The van der Waals surface area contributed by atoms with E-state index in [-0.39, 0.29) is 11.9 Å². The number of carbonyl (C=O) groups is 1. The van der Waals surface area contributed by atoms with E-state index >= 15 is 0 Å². The minimum atomic E-state index is -0.109. The molecule has 0 spiro atoms. The van der Waals surface area contributed by atoms with E-state index in [0.29, 0.717) is 11.3 Å². The summed E-state index contributed by atoms with van der Waals surface area (Å²) >= 11 is 0. The minimum Gasteiger partial charge on any atom is -0.371 e. The minimum absolute atomic E-state index is 0.109. The van der Waals surface area contributed by atoms with Crippen LogP contribution in [0.4, 0.5) is 5.69 Å². The fourth-order valence-corrected chi connectivity index (χ4v) is 2.82. The zero-order valence-corrected chi connectivity index (χ0v) is 13.1. The van der Waals surface area contributed by atoms with Gasteiger partial charge in [-0.15, -0.1) is 0 Å². The highest BCUT2D eigenvalue weighted by Crippen LogP contribution is 2.20. The van der Waals surface area contributed by atoms with Gasteiger partial charge >= 0.3 is 0 Å². The summed E-state index contributed by atoms with van der Waals surface area (Å²) < 4.78 is 1.63. The van der Waals surface area contributed by atoms with Crippen LogP contribution in [0, 0.1) is 11.3 Å². The number of hydrogen-bond acceptors (Lipinski definition) is 4. The fraction of sp³-hybridized carbons (Fsp3) is 0.353. The summed E-state index contributed by atoms with van der Waals surface area (Å²) in [6.45, 7) is 1.78. The molecule has 6 nitrogen and oxygen atoms in total. The van der Waals surface area contributed by atoms with Crippen molar-refractivity contribution >= 4 is 11.6 Å². The lowest BCUT2D eigenvalue weighted by Crippen LogP contribution is -2.44. The molecule has 1 aliphatic rings. The molecule has 23 heavy (non-hydrogen) atoms. The summed E-state index contributed by atoms with van der Waals surface area (Å²) in [5.41, 5.74) is 2.26. The molecule has 1 N–H and O–H groups in total. The van der Waals surface area contributed by atoms with Crippen LogP contribution in [0.3, 0.4) is 0 Å². The number of piperidine rings is 1. The van der Waals surface area contributed by atoms with Crippen molar-refractivity contribution in [1.29, 1.82) is 5.26 Å². The number of nitrogens with zero attached hydrogens (tertiary/aromatic N) is 4. The van der Waals surface area contributed by atoms with Gasteiger partial charge in [0.1, 0.15) is 5.69 Å². The first kappa shape index (κ1) is 15.1. The van der Waals surface area contributed by atoms with Crippen LogP contribution in [-0.2, 0) is 7.05 Å². The second kappa shape index (κ2) is 6.53. The van der Waals surface area contributed by atoms with Crippen molar-refractivity contribution in [2.45, 2.75) is 18.9 Å². The van der Waals surface area contributed by atoms with Crippen LogP contribution >= 0.6 is 0 Å². The van der Waals surface area contributed by atoms with Gasteiger partial charge in [-0.2, -0.15) is 10.4 Å². The third-order valence-electron chi connectivity index (χ3n) is 4.14. The number of nitriles is 1. The molecule has 0 saturated carbocycles. The molecule has 0 radical (unpaired) electrons. The monoisotopic (exact) mass is 309 g/mol. The summed E-state index contributed by atoms with van der Waals surface area (Å²) in [5, 5.41) is 16.0. The van der Waals surface area contributed by atoms with E-state index in [9.17, 15) is 4.79 Å². The zero-order valence-electron chi connectivity index (χ0n) is 13.1. The molecular formula is C17H19N5O. The van der Waals surface area contributed by atoms with Gasteiger partial charge in [0.15, 0.2) is 0 Å². The molecule has 2 aromatic rings. The van der Waals surface area contributed by atoms with E-state index in [1.165, 1.54) is 0 Å². The summed E-state index contributed by atoms with van der Waals surface area (Å²) in [4.78, 5) is 14.4. The molecule has 118 valence electrons. The molecule has 0 unspecified atom stereocenters. The third kappa shape index (κ3) is 3.51. The van der Waals surface area contributed by atoms with Gasteiger partial charge in [0.25, 0.3) is 5.91 Å². The Kier molecular flexibility index (Phi) is 4.29. The van der Waals surface area contributed by atoms with E-state index in [1.807, 2.05) is 24.3 Å². The third-order valence-corrected chi connectivity index (χ3v) is 4.14. The first-order valence-corrected chi connectivity index (χ1v) is 7.71. The molecule has 1 amide bonds. The van der Waals surface area contributed by atoms with E-state index in [0.717, 1.165) is 31.6 Å². The van der Waals surface area contributed by atoms with Gasteiger partial charge in [0, 0.05) is 38.1 Å². The maximum atomic E-state index is 12.1. The lowest BCUT2D eigenvalue weighted by molar-refractivity contribution is 0.0925. The lowest BCUT2D eigenvalue weighted by atomic mass is 10.0. The molecular weight excluding hydrogens is 290 g/mol. The Morgan fingerprint density at radius 2 is 1.96 bits per heavy atom. The van der Waals surface area contributed by atoms with Gasteiger partial charge < -0.3 is 10.2 Å². The second-order valence-corrected chi connectivity index (χ2v) is 5.77. The zero-order chi connectivity index (χ0) is 16.2. The predicted molar refractivity (Wildman–Crippen MR) is 87.1 cm³/mol. The number of carbonyl (C=O) groups excluding carboxylic acids is 1. The van der Waals surface area contributed by atoms with Crippen molar-refractivity contribution < 1.29 is 4.79 Å². The average molecular weight is 309 g/mol. The number of anilines is 1. The number of hydrogen-bond donors (Lipinski definition) is 1. The fourth-order valence-electron chi connectivity index (χ4n) is 2.82. The summed E-state index contributed by atoms with van der Waals surface area (Å²) in [6, 6.07) is 11.7. The number of aromatic nitrogens is 2. The Bertz CT molecular complexity index is 720. The van der Waals surface area contributed by atoms with Crippen LogP contribution in [0.25, 0.3) is 0 Å². The van der Waals surface area contributed by atoms with E-state index in [2.05, 4.69) is 21.4 Å². The Morgan fingerprint density at radius 3 is 2.52 bits per heavy atom. The topological polar surface area (TPSA) is 74.0 Å². The van der Waals surface area contributed by atoms with E-state index in [4.69, 9.17) is 5.26 Å². The summed E-state index contributed by atoms with van der Waals surface area (Å²) in [7, 11) is 1.80. The van der Waals surface area contributed by atoms with Crippen LogP contribution < -0.4 is 10.2 Å². The van der Waals surface area contributed by atoms with Crippen molar-refractivity contribution in [2.75, 3.05) is 18.0 Å². The molecule has 3 rings (SSSR count). The quantitative estimate of drug-likeness (QED) is 0.936. The SMILES string of the molecule is Cn1ccc(C(=O)NC2CCN(c3ccc(C#N)cc3)CC2)n1. The highest BCUT2D eigenvalue weighted by molar-refractivity contribution is 5.92. The van der Waals surface area contributed by atoms with Gasteiger partial charge in [0.2, 0.25) is 0 Å². The molecule has 1 aliphatic heterocycles. The van der Waals surface area contributed by atoms with Gasteiger partial charge in [-0.1, -0.05) is 0 Å². The van der Waals surface area contributed by atoms with Crippen LogP contribution in [0.5, 0.6) is 0 Å². The number of aryl methyl sites for hydroxylation is 1. The van der Waals surface area contributed by atoms with Crippen LogP contribution in [0.15, 0.2) is 36.5 Å². The largest absolute Gasteiger partial charge is 0.371 e. The van der Waals surface area contributed by atoms with Gasteiger partial charge in [-0.05, 0) is 43.2 Å². The van der Waals surface area contributed by atoms with Crippen molar-refractivity contribution in [1.82, 2.24) is 15.1 Å². The molecule has 6 heteroatoms. The van der Waals surface area contributed by atoms with Crippen LogP contribution in [0.2, 0.25) is 0 Å². The van der Waals surface area contributed by atoms with Crippen LogP contribution in [0.1, 0.15) is 28.9 Å². The molecule has 2 heterocycles. The molecule has 1 saturated heterocycles. The van der Waals surface area contributed by atoms with E-state index in [1.54, 1.807) is 24.0 Å². The maximum absolute atomic E-state index is 12.1. The van der Waals surface area contributed by atoms with Gasteiger partial charge in [-0.25, -0.2) is 0 Å². The van der Waals surface area contributed by atoms with Gasteiger partial charge in [0.05, 0.1) is 11.6 Å². The molecule has 0 bridgehead atoms. The first-order valence-electron chi connectivity index (χ1n) is 7.71. The first-order chi connectivity index (χ1) is 11.2. The number of nitrogens with one attached hydrogen (secondary N) is 1. The Labute approximate surface area is 135 Å².